The summed E-state index contributed by atoms with van der Waals surface area (Å²) in [5.41, 5.74) is 1.80. The molecular formula is C15H16F2N2O. The largest absolute Gasteiger partial charge is 0.497 e. The van der Waals surface area contributed by atoms with Gasteiger partial charge < -0.3 is 9.64 Å². The third-order valence-electron chi connectivity index (χ3n) is 3.70. The van der Waals surface area contributed by atoms with E-state index in [4.69, 9.17) is 4.74 Å². The zero-order valence-corrected chi connectivity index (χ0v) is 11.5. The maximum atomic E-state index is 13.3. The van der Waals surface area contributed by atoms with Crippen molar-refractivity contribution in [2.75, 3.05) is 25.1 Å². The molecule has 0 N–H and O–H groups in total. The van der Waals surface area contributed by atoms with Crippen molar-refractivity contribution in [3.05, 3.63) is 29.8 Å². The Hall–Kier alpha value is -1.91. The van der Waals surface area contributed by atoms with Gasteiger partial charge in [-0.25, -0.2) is 13.8 Å². The van der Waals surface area contributed by atoms with Crippen LogP contribution in [0.5, 0.6) is 5.75 Å². The average Bonchev–Trinajstić information content (AvgIpc) is 2.78. The molecule has 0 radical (unpaired) electrons. The summed E-state index contributed by atoms with van der Waals surface area (Å²) in [5.74, 6) is -1.28. The van der Waals surface area contributed by atoms with E-state index >= 15 is 0 Å². The topological polar surface area (TPSA) is 25.4 Å². The van der Waals surface area contributed by atoms with Crippen LogP contribution in [0.4, 0.5) is 14.6 Å². The predicted molar refractivity (Wildman–Crippen MR) is 74.8 cm³/mol. The van der Waals surface area contributed by atoms with Crippen molar-refractivity contribution < 1.29 is 13.5 Å². The van der Waals surface area contributed by atoms with Crippen LogP contribution in [0, 0.1) is 6.92 Å². The Morgan fingerprint density at radius 1 is 1.30 bits per heavy atom. The van der Waals surface area contributed by atoms with Crippen molar-refractivity contribution in [2.45, 2.75) is 19.3 Å². The number of ether oxygens (including phenoxy) is 1. The number of hydrogen-bond donors (Lipinski definition) is 0. The number of rotatable bonds is 2. The zero-order valence-electron chi connectivity index (χ0n) is 11.5. The Kier molecular flexibility index (Phi) is 3.00. The second-order valence-corrected chi connectivity index (χ2v) is 5.21. The van der Waals surface area contributed by atoms with Gasteiger partial charge in [0.2, 0.25) is 0 Å². The van der Waals surface area contributed by atoms with Gasteiger partial charge in [-0.15, -0.1) is 0 Å². The predicted octanol–water partition coefficient (Wildman–Crippen LogP) is 3.40. The van der Waals surface area contributed by atoms with Gasteiger partial charge >= 0.3 is 0 Å². The van der Waals surface area contributed by atoms with E-state index in [2.05, 4.69) is 4.98 Å². The lowest BCUT2D eigenvalue weighted by Crippen LogP contribution is -2.25. The van der Waals surface area contributed by atoms with Gasteiger partial charge in [0, 0.05) is 24.4 Å². The van der Waals surface area contributed by atoms with E-state index in [1.54, 1.807) is 12.0 Å². The Labute approximate surface area is 116 Å². The SMILES string of the molecule is COc1ccc2c(C)cc(N3CCC(F)(F)C3)nc2c1. The Bertz CT molecular complexity index is 658. The fourth-order valence-electron chi connectivity index (χ4n) is 2.58. The van der Waals surface area contributed by atoms with Crippen LogP contribution in [-0.4, -0.2) is 31.1 Å². The number of alkyl halides is 2. The van der Waals surface area contributed by atoms with Crippen molar-refractivity contribution in [3.63, 3.8) is 0 Å². The van der Waals surface area contributed by atoms with E-state index in [1.807, 2.05) is 31.2 Å². The van der Waals surface area contributed by atoms with Crippen LogP contribution in [0.1, 0.15) is 12.0 Å². The summed E-state index contributed by atoms with van der Waals surface area (Å²) in [6.45, 7) is 2.05. The monoisotopic (exact) mass is 278 g/mol. The fraction of sp³-hybridized carbons (Fsp3) is 0.400. The summed E-state index contributed by atoms with van der Waals surface area (Å²) in [6, 6.07) is 7.52. The number of pyridine rings is 1. The minimum absolute atomic E-state index is 0.107. The van der Waals surface area contributed by atoms with Crippen molar-refractivity contribution in [1.82, 2.24) is 4.98 Å². The minimum atomic E-state index is -2.61. The summed E-state index contributed by atoms with van der Waals surface area (Å²) >= 11 is 0. The summed E-state index contributed by atoms with van der Waals surface area (Å²) in [7, 11) is 1.60. The van der Waals surface area contributed by atoms with Crippen LogP contribution in [-0.2, 0) is 0 Å². The third kappa shape index (κ3) is 2.28. The number of halogens is 2. The molecule has 1 fully saturated rings. The van der Waals surface area contributed by atoms with Crippen LogP contribution in [0.25, 0.3) is 10.9 Å². The highest BCUT2D eigenvalue weighted by atomic mass is 19.3. The van der Waals surface area contributed by atoms with E-state index in [0.29, 0.717) is 18.1 Å². The molecule has 0 bridgehead atoms. The van der Waals surface area contributed by atoms with E-state index in [-0.39, 0.29) is 13.0 Å². The molecule has 0 unspecified atom stereocenters. The van der Waals surface area contributed by atoms with Crippen LogP contribution >= 0.6 is 0 Å². The first kappa shape index (κ1) is 13.1. The van der Waals surface area contributed by atoms with Crippen LogP contribution in [0.3, 0.4) is 0 Å². The zero-order chi connectivity index (χ0) is 14.3. The van der Waals surface area contributed by atoms with Crippen LogP contribution < -0.4 is 9.64 Å². The van der Waals surface area contributed by atoms with Gasteiger partial charge in [-0.1, -0.05) is 0 Å². The molecule has 1 aliphatic heterocycles. The third-order valence-corrected chi connectivity index (χ3v) is 3.70. The first-order valence-electron chi connectivity index (χ1n) is 6.57. The number of benzene rings is 1. The number of anilines is 1. The lowest BCUT2D eigenvalue weighted by molar-refractivity contribution is 0.0257. The molecule has 1 aromatic carbocycles. The smallest absolute Gasteiger partial charge is 0.266 e. The molecule has 5 heteroatoms. The molecule has 106 valence electrons. The van der Waals surface area contributed by atoms with Crippen molar-refractivity contribution in [2.24, 2.45) is 0 Å². The van der Waals surface area contributed by atoms with Crippen molar-refractivity contribution in [1.29, 1.82) is 0 Å². The highest BCUT2D eigenvalue weighted by Crippen LogP contribution is 2.32. The summed E-state index contributed by atoms with van der Waals surface area (Å²) in [4.78, 5) is 6.15. The van der Waals surface area contributed by atoms with Gasteiger partial charge in [-0.3, -0.25) is 0 Å². The Balaban J connectivity index is 2.04. The maximum Gasteiger partial charge on any atom is 0.266 e. The highest BCUT2D eigenvalue weighted by Gasteiger charge is 2.38. The van der Waals surface area contributed by atoms with Crippen molar-refractivity contribution >= 4 is 16.7 Å². The lowest BCUT2D eigenvalue weighted by atomic mass is 10.1. The van der Waals surface area contributed by atoms with Crippen LogP contribution in [0.2, 0.25) is 0 Å². The number of hydrogen-bond acceptors (Lipinski definition) is 3. The number of nitrogens with zero attached hydrogens (tertiary/aromatic N) is 2. The second kappa shape index (κ2) is 4.58. The summed E-state index contributed by atoms with van der Waals surface area (Å²) in [5, 5.41) is 1.01. The minimum Gasteiger partial charge on any atom is -0.497 e. The van der Waals surface area contributed by atoms with Gasteiger partial charge in [0.05, 0.1) is 19.2 Å². The molecule has 20 heavy (non-hydrogen) atoms. The number of methoxy groups -OCH3 is 1. The molecule has 2 aromatic rings. The summed E-state index contributed by atoms with van der Waals surface area (Å²) < 4.78 is 31.8. The quantitative estimate of drug-likeness (QED) is 0.842. The lowest BCUT2D eigenvalue weighted by Gasteiger charge is -2.18. The van der Waals surface area contributed by atoms with Gasteiger partial charge in [0.1, 0.15) is 11.6 Å². The van der Waals surface area contributed by atoms with E-state index < -0.39 is 5.92 Å². The van der Waals surface area contributed by atoms with Crippen LogP contribution in [0.15, 0.2) is 24.3 Å². The summed E-state index contributed by atoms with van der Waals surface area (Å²) in [6.07, 6.45) is -0.107. The first-order chi connectivity index (χ1) is 9.48. The molecule has 3 nitrogen and oxygen atoms in total. The molecule has 3 rings (SSSR count). The normalized spacial score (nSPS) is 17.7. The highest BCUT2D eigenvalue weighted by molar-refractivity contribution is 5.85. The molecule has 0 amide bonds. The molecular weight excluding hydrogens is 262 g/mol. The first-order valence-corrected chi connectivity index (χ1v) is 6.57. The van der Waals surface area contributed by atoms with E-state index in [0.717, 1.165) is 16.5 Å². The molecule has 1 aliphatic rings. The molecule has 0 aliphatic carbocycles. The second-order valence-electron chi connectivity index (χ2n) is 5.21. The van der Waals surface area contributed by atoms with Gasteiger partial charge in [0.15, 0.2) is 0 Å². The number of aryl methyl sites for hydroxylation is 1. The number of fused-ring (bicyclic) bond motifs is 1. The standard InChI is InChI=1S/C15H16F2N2O/c1-10-7-14(19-6-5-15(16,17)9-19)18-13-8-11(20-2)3-4-12(10)13/h3-4,7-8H,5-6,9H2,1-2H3. The number of aromatic nitrogens is 1. The molecule has 0 spiro atoms. The van der Waals surface area contributed by atoms with E-state index in [1.165, 1.54) is 0 Å². The molecule has 1 aromatic heterocycles. The fourth-order valence-corrected chi connectivity index (χ4v) is 2.58. The average molecular weight is 278 g/mol. The van der Waals surface area contributed by atoms with Gasteiger partial charge in [-0.05, 0) is 30.7 Å². The Morgan fingerprint density at radius 3 is 2.75 bits per heavy atom. The van der Waals surface area contributed by atoms with Crippen molar-refractivity contribution in [3.8, 4) is 5.75 Å². The molecule has 1 saturated heterocycles. The molecule has 2 heterocycles. The van der Waals surface area contributed by atoms with Gasteiger partial charge in [0.25, 0.3) is 5.92 Å². The molecule has 0 atom stereocenters. The van der Waals surface area contributed by atoms with Gasteiger partial charge in [-0.2, -0.15) is 0 Å². The maximum absolute atomic E-state index is 13.3. The van der Waals surface area contributed by atoms with E-state index in [9.17, 15) is 8.78 Å². The molecule has 0 saturated carbocycles. The Morgan fingerprint density at radius 2 is 2.10 bits per heavy atom.